The maximum Gasteiger partial charge on any atom is 0.110 e. The molecule has 1 aromatic rings. The van der Waals surface area contributed by atoms with Gasteiger partial charge in [-0.3, -0.25) is 0 Å². The number of thioether (sulfide) groups is 1. The van der Waals surface area contributed by atoms with Gasteiger partial charge in [-0.1, -0.05) is 13.8 Å². The van der Waals surface area contributed by atoms with Gasteiger partial charge in [0.1, 0.15) is 5.82 Å². The van der Waals surface area contributed by atoms with E-state index in [1.165, 1.54) is 30.2 Å². The molecule has 2 rings (SSSR count). The Balaban J connectivity index is 2.00. The van der Waals surface area contributed by atoms with Crippen molar-refractivity contribution in [2.75, 3.05) is 18.1 Å². The van der Waals surface area contributed by atoms with E-state index in [-0.39, 0.29) is 0 Å². The topological polar surface area (TPSA) is 29.9 Å². The lowest BCUT2D eigenvalue weighted by Gasteiger charge is -2.23. The Morgan fingerprint density at radius 3 is 3.11 bits per heavy atom. The van der Waals surface area contributed by atoms with Crippen LogP contribution in [-0.4, -0.2) is 33.6 Å². The second-order valence-electron chi connectivity index (χ2n) is 5.03. The van der Waals surface area contributed by atoms with E-state index in [0.29, 0.717) is 6.04 Å². The minimum absolute atomic E-state index is 0.600. The van der Waals surface area contributed by atoms with Crippen LogP contribution in [0.25, 0.3) is 0 Å². The Kier molecular flexibility index (Phi) is 5.57. The number of imidazole rings is 1. The number of aryl methyl sites for hydroxylation is 1. The molecule has 2 unspecified atom stereocenters. The Morgan fingerprint density at radius 1 is 1.56 bits per heavy atom. The SMILES string of the molecule is CCCn1ccnc1CC(NCC)C1CCSC1. The lowest BCUT2D eigenvalue weighted by atomic mass is 9.96. The molecule has 18 heavy (non-hydrogen) atoms. The fourth-order valence-corrected chi connectivity index (χ4v) is 4.05. The Morgan fingerprint density at radius 2 is 2.44 bits per heavy atom. The molecule has 0 saturated carbocycles. The van der Waals surface area contributed by atoms with E-state index < -0.39 is 0 Å². The van der Waals surface area contributed by atoms with Crippen LogP contribution in [0.2, 0.25) is 0 Å². The molecular weight excluding hydrogens is 242 g/mol. The van der Waals surface area contributed by atoms with E-state index in [9.17, 15) is 0 Å². The van der Waals surface area contributed by atoms with Crippen LogP contribution in [0, 0.1) is 5.92 Å². The summed E-state index contributed by atoms with van der Waals surface area (Å²) in [6, 6.07) is 0.600. The lowest BCUT2D eigenvalue weighted by Crippen LogP contribution is -2.38. The van der Waals surface area contributed by atoms with E-state index in [1.54, 1.807) is 0 Å². The molecule has 1 saturated heterocycles. The first kappa shape index (κ1) is 13.9. The molecule has 0 bridgehead atoms. The van der Waals surface area contributed by atoms with Crippen LogP contribution < -0.4 is 5.32 Å². The summed E-state index contributed by atoms with van der Waals surface area (Å²) in [7, 11) is 0. The second-order valence-corrected chi connectivity index (χ2v) is 6.18. The highest BCUT2D eigenvalue weighted by molar-refractivity contribution is 7.99. The van der Waals surface area contributed by atoms with E-state index in [4.69, 9.17) is 0 Å². The number of rotatable bonds is 7. The third-order valence-electron chi connectivity index (χ3n) is 3.67. The van der Waals surface area contributed by atoms with Crippen molar-refractivity contribution in [2.45, 2.75) is 45.7 Å². The molecule has 102 valence electrons. The molecule has 2 atom stereocenters. The molecule has 0 spiro atoms. The highest BCUT2D eigenvalue weighted by atomic mass is 32.2. The van der Waals surface area contributed by atoms with Crippen LogP contribution in [0.5, 0.6) is 0 Å². The van der Waals surface area contributed by atoms with Crippen molar-refractivity contribution in [3.63, 3.8) is 0 Å². The summed E-state index contributed by atoms with van der Waals surface area (Å²) in [4.78, 5) is 4.54. The average molecular weight is 267 g/mol. The zero-order valence-electron chi connectivity index (χ0n) is 11.6. The van der Waals surface area contributed by atoms with Crippen molar-refractivity contribution in [3.05, 3.63) is 18.2 Å². The van der Waals surface area contributed by atoms with E-state index in [0.717, 1.165) is 25.4 Å². The quantitative estimate of drug-likeness (QED) is 0.823. The summed E-state index contributed by atoms with van der Waals surface area (Å²) in [5, 5.41) is 3.67. The summed E-state index contributed by atoms with van der Waals surface area (Å²) < 4.78 is 2.31. The van der Waals surface area contributed by atoms with E-state index in [1.807, 2.05) is 6.20 Å². The molecule has 1 aromatic heterocycles. The monoisotopic (exact) mass is 267 g/mol. The Labute approximate surface area is 115 Å². The van der Waals surface area contributed by atoms with Crippen molar-refractivity contribution in [1.29, 1.82) is 0 Å². The largest absolute Gasteiger partial charge is 0.335 e. The first-order valence-electron chi connectivity index (χ1n) is 7.16. The predicted molar refractivity (Wildman–Crippen MR) is 79.1 cm³/mol. The van der Waals surface area contributed by atoms with Crippen molar-refractivity contribution in [2.24, 2.45) is 5.92 Å². The van der Waals surface area contributed by atoms with Gasteiger partial charge in [-0.15, -0.1) is 0 Å². The van der Waals surface area contributed by atoms with Gasteiger partial charge in [0.2, 0.25) is 0 Å². The Bertz CT molecular complexity index is 345. The maximum absolute atomic E-state index is 4.54. The van der Waals surface area contributed by atoms with Crippen LogP contribution in [-0.2, 0) is 13.0 Å². The van der Waals surface area contributed by atoms with Crippen LogP contribution in [0.4, 0.5) is 0 Å². The lowest BCUT2D eigenvalue weighted by molar-refractivity contribution is 0.376. The molecule has 1 fully saturated rings. The first-order valence-corrected chi connectivity index (χ1v) is 8.31. The minimum atomic E-state index is 0.600. The number of likely N-dealkylation sites (N-methyl/N-ethyl adjacent to an activating group) is 1. The zero-order valence-corrected chi connectivity index (χ0v) is 12.4. The molecule has 4 heteroatoms. The fourth-order valence-electron chi connectivity index (χ4n) is 2.71. The molecule has 3 nitrogen and oxygen atoms in total. The smallest absolute Gasteiger partial charge is 0.110 e. The molecule has 0 radical (unpaired) electrons. The summed E-state index contributed by atoms with van der Waals surface area (Å²) in [6.45, 7) is 6.57. The van der Waals surface area contributed by atoms with Gasteiger partial charge in [-0.05, 0) is 36.8 Å². The van der Waals surface area contributed by atoms with Crippen LogP contribution in [0.15, 0.2) is 12.4 Å². The number of aromatic nitrogens is 2. The van der Waals surface area contributed by atoms with Gasteiger partial charge in [-0.2, -0.15) is 11.8 Å². The third-order valence-corrected chi connectivity index (χ3v) is 4.86. The zero-order chi connectivity index (χ0) is 12.8. The number of hydrogen-bond donors (Lipinski definition) is 1. The van der Waals surface area contributed by atoms with Crippen LogP contribution >= 0.6 is 11.8 Å². The number of nitrogens with one attached hydrogen (secondary N) is 1. The van der Waals surface area contributed by atoms with Gasteiger partial charge < -0.3 is 9.88 Å². The van der Waals surface area contributed by atoms with Crippen LogP contribution in [0.1, 0.15) is 32.5 Å². The van der Waals surface area contributed by atoms with Gasteiger partial charge in [0.05, 0.1) is 0 Å². The van der Waals surface area contributed by atoms with Crippen molar-refractivity contribution in [3.8, 4) is 0 Å². The maximum atomic E-state index is 4.54. The normalized spacial score (nSPS) is 21.3. The molecule has 1 N–H and O–H groups in total. The standard InChI is InChI=1S/C14H25N3S/c1-3-7-17-8-6-16-14(17)10-13(15-4-2)12-5-9-18-11-12/h6,8,12-13,15H,3-5,7,9-11H2,1-2H3. The summed E-state index contributed by atoms with van der Waals surface area (Å²) in [5.74, 6) is 4.71. The second kappa shape index (κ2) is 7.19. The first-order chi connectivity index (χ1) is 8.85. The van der Waals surface area contributed by atoms with Gasteiger partial charge in [0.15, 0.2) is 0 Å². The molecule has 1 aliphatic rings. The van der Waals surface area contributed by atoms with E-state index >= 15 is 0 Å². The Hall–Kier alpha value is -0.480. The molecule has 0 amide bonds. The highest BCUT2D eigenvalue weighted by Gasteiger charge is 2.26. The van der Waals surface area contributed by atoms with Gasteiger partial charge in [-0.25, -0.2) is 4.98 Å². The minimum Gasteiger partial charge on any atom is -0.335 e. The average Bonchev–Trinajstić information content (AvgIpc) is 3.01. The molecule has 0 aromatic carbocycles. The molecular formula is C14H25N3S. The number of nitrogens with zero attached hydrogens (tertiary/aromatic N) is 2. The summed E-state index contributed by atoms with van der Waals surface area (Å²) >= 11 is 2.10. The summed E-state index contributed by atoms with van der Waals surface area (Å²) in [6.07, 6.45) is 7.67. The van der Waals surface area contributed by atoms with Gasteiger partial charge in [0, 0.05) is 31.4 Å². The molecule has 2 heterocycles. The predicted octanol–water partition coefficient (Wildman–Crippen LogP) is 2.57. The van der Waals surface area contributed by atoms with Gasteiger partial charge >= 0.3 is 0 Å². The highest BCUT2D eigenvalue weighted by Crippen LogP contribution is 2.27. The number of hydrogen-bond acceptors (Lipinski definition) is 3. The third kappa shape index (κ3) is 3.51. The van der Waals surface area contributed by atoms with Crippen molar-refractivity contribution in [1.82, 2.24) is 14.9 Å². The summed E-state index contributed by atoms with van der Waals surface area (Å²) in [5.41, 5.74) is 0. The van der Waals surface area contributed by atoms with Crippen molar-refractivity contribution < 1.29 is 0 Å². The fraction of sp³-hybridized carbons (Fsp3) is 0.786. The molecule has 0 aliphatic carbocycles. The van der Waals surface area contributed by atoms with Crippen LogP contribution in [0.3, 0.4) is 0 Å². The van der Waals surface area contributed by atoms with E-state index in [2.05, 4.69) is 46.7 Å². The van der Waals surface area contributed by atoms with Crippen molar-refractivity contribution >= 4 is 11.8 Å². The molecule has 1 aliphatic heterocycles. The van der Waals surface area contributed by atoms with Gasteiger partial charge in [0.25, 0.3) is 0 Å².